The van der Waals surface area contributed by atoms with Crippen LogP contribution < -0.4 is 0 Å². The molecule has 0 aliphatic heterocycles. The molecule has 3 atom stereocenters. The molecule has 0 saturated heterocycles. The Labute approximate surface area is 118 Å². The molecule has 19 heavy (non-hydrogen) atoms. The second-order valence-corrected chi connectivity index (χ2v) is 7.01. The summed E-state index contributed by atoms with van der Waals surface area (Å²) in [5.74, 6) is 1.96. The number of rotatable bonds is 6. The van der Waals surface area contributed by atoms with Gasteiger partial charge in [-0.15, -0.1) is 0 Å². The normalized spacial score (nSPS) is 39.3. The van der Waals surface area contributed by atoms with Crippen LogP contribution in [0, 0.1) is 17.8 Å². The molecule has 0 heterocycles. The van der Waals surface area contributed by atoms with Crippen LogP contribution in [0.5, 0.6) is 0 Å². The van der Waals surface area contributed by atoms with Crippen molar-refractivity contribution in [2.45, 2.75) is 64.1 Å². The molecule has 0 aromatic heterocycles. The molecular weight excluding hydrogens is 238 g/mol. The van der Waals surface area contributed by atoms with Crippen LogP contribution in [0.25, 0.3) is 0 Å². The van der Waals surface area contributed by atoms with Crippen molar-refractivity contribution in [1.82, 2.24) is 4.90 Å². The maximum absolute atomic E-state index is 10.2. The largest absolute Gasteiger partial charge is 0.393 e. The summed E-state index contributed by atoms with van der Waals surface area (Å²) >= 11 is 0. The van der Waals surface area contributed by atoms with Crippen molar-refractivity contribution in [1.29, 1.82) is 0 Å². The van der Waals surface area contributed by atoms with E-state index in [0.717, 1.165) is 38.3 Å². The summed E-state index contributed by atoms with van der Waals surface area (Å²) in [6.07, 6.45) is 7.79. The number of aliphatic hydroxyl groups is 2. The molecule has 2 saturated carbocycles. The van der Waals surface area contributed by atoms with Gasteiger partial charge in [-0.2, -0.15) is 0 Å². The van der Waals surface area contributed by atoms with E-state index >= 15 is 0 Å². The Kier molecular flexibility index (Phi) is 5.67. The van der Waals surface area contributed by atoms with Gasteiger partial charge in [0.2, 0.25) is 0 Å². The van der Waals surface area contributed by atoms with Crippen LogP contribution in [-0.2, 0) is 0 Å². The third kappa shape index (κ3) is 4.44. The summed E-state index contributed by atoms with van der Waals surface area (Å²) in [7, 11) is 2.17. The Morgan fingerprint density at radius 1 is 1.00 bits per heavy atom. The second kappa shape index (κ2) is 7.05. The van der Waals surface area contributed by atoms with Crippen LogP contribution in [0.3, 0.4) is 0 Å². The molecule has 0 bridgehead atoms. The smallest absolute Gasteiger partial charge is 0.0580 e. The highest BCUT2D eigenvalue weighted by Crippen LogP contribution is 2.33. The van der Waals surface area contributed by atoms with Crippen molar-refractivity contribution in [3.63, 3.8) is 0 Å². The Balaban J connectivity index is 1.72. The van der Waals surface area contributed by atoms with Crippen LogP contribution >= 0.6 is 0 Å². The van der Waals surface area contributed by atoms with Crippen molar-refractivity contribution < 1.29 is 10.2 Å². The van der Waals surface area contributed by atoms with Gasteiger partial charge in [-0.05, 0) is 56.9 Å². The van der Waals surface area contributed by atoms with Gasteiger partial charge in [-0.3, -0.25) is 0 Å². The fourth-order valence-corrected chi connectivity index (χ4v) is 3.98. The lowest BCUT2D eigenvalue weighted by Crippen LogP contribution is -2.42. The Morgan fingerprint density at radius 3 is 2.37 bits per heavy atom. The van der Waals surface area contributed by atoms with Crippen LogP contribution in [0.4, 0.5) is 0 Å². The lowest BCUT2D eigenvalue weighted by atomic mass is 9.77. The molecule has 2 N–H and O–H groups in total. The molecule has 112 valence electrons. The highest BCUT2D eigenvalue weighted by molar-refractivity contribution is 4.84. The average Bonchev–Trinajstić information content (AvgIpc) is 2.32. The van der Waals surface area contributed by atoms with Crippen molar-refractivity contribution in [3.8, 4) is 0 Å². The van der Waals surface area contributed by atoms with Gasteiger partial charge in [0.05, 0.1) is 12.2 Å². The van der Waals surface area contributed by atoms with E-state index in [0.29, 0.717) is 11.8 Å². The lowest BCUT2D eigenvalue weighted by molar-refractivity contribution is 0.00561. The monoisotopic (exact) mass is 269 g/mol. The minimum absolute atomic E-state index is 0.0485. The van der Waals surface area contributed by atoms with Crippen LogP contribution in [-0.4, -0.2) is 47.5 Å². The first-order valence-electron chi connectivity index (χ1n) is 8.13. The molecule has 3 heteroatoms. The van der Waals surface area contributed by atoms with Crippen LogP contribution in [0.2, 0.25) is 0 Å². The molecule has 3 nitrogen and oxygen atoms in total. The summed E-state index contributed by atoms with van der Waals surface area (Å²) in [5, 5.41) is 19.5. The van der Waals surface area contributed by atoms with Gasteiger partial charge in [0, 0.05) is 13.1 Å². The summed E-state index contributed by atoms with van der Waals surface area (Å²) in [6, 6.07) is 0. The van der Waals surface area contributed by atoms with Crippen LogP contribution in [0.1, 0.15) is 51.9 Å². The van der Waals surface area contributed by atoms with Gasteiger partial charge < -0.3 is 15.1 Å². The Morgan fingerprint density at radius 2 is 1.74 bits per heavy atom. The fourth-order valence-electron chi connectivity index (χ4n) is 3.98. The van der Waals surface area contributed by atoms with E-state index in [1.807, 2.05) is 0 Å². The highest BCUT2D eigenvalue weighted by atomic mass is 16.3. The SMILES string of the molecule is CCCC1CCC(O)C(CN(C)CC2CC(O)C2)C1. The molecule has 2 aliphatic carbocycles. The third-order valence-corrected chi connectivity index (χ3v) is 5.07. The zero-order chi connectivity index (χ0) is 13.8. The van der Waals surface area contributed by atoms with Crippen molar-refractivity contribution >= 4 is 0 Å². The highest BCUT2D eigenvalue weighted by Gasteiger charge is 2.32. The van der Waals surface area contributed by atoms with E-state index in [2.05, 4.69) is 18.9 Å². The standard InChI is InChI=1S/C16H31NO2/c1-3-4-12-5-6-16(19)14(7-12)11-17(2)10-13-8-15(18)9-13/h12-16,18-19H,3-11H2,1-2H3. The van der Waals surface area contributed by atoms with E-state index < -0.39 is 0 Å². The van der Waals surface area contributed by atoms with Gasteiger partial charge in [-0.25, -0.2) is 0 Å². The predicted octanol–water partition coefficient (Wildman–Crippen LogP) is 2.27. The van der Waals surface area contributed by atoms with E-state index in [1.165, 1.54) is 25.7 Å². The summed E-state index contributed by atoms with van der Waals surface area (Å²) in [6.45, 7) is 4.36. The van der Waals surface area contributed by atoms with Crippen molar-refractivity contribution in [2.24, 2.45) is 17.8 Å². The van der Waals surface area contributed by atoms with Crippen LogP contribution in [0.15, 0.2) is 0 Å². The van der Waals surface area contributed by atoms with Gasteiger partial charge in [-0.1, -0.05) is 19.8 Å². The second-order valence-electron chi connectivity index (χ2n) is 7.01. The first kappa shape index (κ1) is 15.3. The predicted molar refractivity (Wildman–Crippen MR) is 78.0 cm³/mol. The van der Waals surface area contributed by atoms with E-state index in [-0.39, 0.29) is 12.2 Å². The molecule has 0 aromatic carbocycles. The maximum Gasteiger partial charge on any atom is 0.0580 e. The zero-order valence-corrected chi connectivity index (χ0v) is 12.6. The van der Waals surface area contributed by atoms with E-state index in [9.17, 15) is 10.2 Å². The molecular formula is C16H31NO2. The molecule has 0 spiro atoms. The Hall–Kier alpha value is -0.120. The number of hydrogen-bond acceptors (Lipinski definition) is 3. The molecule has 3 unspecified atom stereocenters. The van der Waals surface area contributed by atoms with E-state index in [1.54, 1.807) is 0 Å². The van der Waals surface area contributed by atoms with Crippen molar-refractivity contribution in [2.75, 3.05) is 20.1 Å². The zero-order valence-electron chi connectivity index (χ0n) is 12.6. The first-order chi connectivity index (χ1) is 9.08. The molecule has 0 aromatic rings. The fraction of sp³-hybridized carbons (Fsp3) is 1.00. The molecule has 2 fully saturated rings. The summed E-state index contributed by atoms with van der Waals surface area (Å²) in [5.41, 5.74) is 0. The molecule has 2 rings (SSSR count). The summed E-state index contributed by atoms with van der Waals surface area (Å²) in [4.78, 5) is 2.37. The number of hydrogen-bond donors (Lipinski definition) is 2. The minimum atomic E-state index is -0.0949. The number of nitrogens with zero attached hydrogens (tertiary/aromatic N) is 1. The summed E-state index contributed by atoms with van der Waals surface area (Å²) < 4.78 is 0. The molecule has 0 radical (unpaired) electrons. The lowest BCUT2D eigenvalue weighted by Gasteiger charge is -2.38. The minimum Gasteiger partial charge on any atom is -0.393 e. The van der Waals surface area contributed by atoms with Gasteiger partial charge in [0.15, 0.2) is 0 Å². The quantitative estimate of drug-likeness (QED) is 0.777. The van der Waals surface area contributed by atoms with E-state index in [4.69, 9.17) is 0 Å². The number of aliphatic hydroxyl groups excluding tert-OH is 2. The molecule has 0 amide bonds. The van der Waals surface area contributed by atoms with Crippen molar-refractivity contribution in [3.05, 3.63) is 0 Å². The van der Waals surface area contributed by atoms with Gasteiger partial charge in [0.25, 0.3) is 0 Å². The topological polar surface area (TPSA) is 43.7 Å². The third-order valence-electron chi connectivity index (χ3n) is 5.07. The first-order valence-corrected chi connectivity index (χ1v) is 8.13. The maximum atomic E-state index is 10.2. The van der Waals surface area contributed by atoms with Gasteiger partial charge >= 0.3 is 0 Å². The molecule has 2 aliphatic rings. The average molecular weight is 269 g/mol. The Bertz CT molecular complexity index is 265. The van der Waals surface area contributed by atoms with Gasteiger partial charge in [0.1, 0.15) is 0 Å².